The fraction of sp³-hybridized carbons (Fsp3) is 0.636. The topological polar surface area (TPSA) is 28.7 Å². The van der Waals surface area contributed by atoms with Crippen LogP contribution in [0.3, 0.4) is 0 Å². The predicted octanol–water partition coefficient (Wildman–Crippen LogP) is 2.75. The number of fused-ring (bicyclic) bond motifs is 1. The minimum Gasteiger partial charge on any atom is -0.347 e. The Morgan fingerprint density at radius 3 is 2.93 bits per heavy atom. The quantitative estimate of drug-likeness (QED) is 0.716. The van der Waals surface area contributed by atoms with Gasteiger partial charge in [-0.3, -0.25) is 0 Å². The van der Waals surface area contributed by atoms with Crippen LogP contribution in [0.4, 0.5) is 0 Å². The highest BCUT2D eigenvalue weighted by Crippen LogP contribution is 2.45. The number of aromatic nitrogens is 2. The maximum absolute atomic E-state index is 5.32. The number of rotatable bonds is 1. The van der Waals surface area contributed by atoms with Crippen molar-refractivity contribution in [3.8, 4) is 0 Å². The maximum atomic E-state index is 5.32. The molecule has 3 heteroatoms. The summed E-state index contributed by atoms with van der Waals surface area (Å²) in [6, 6.07) is 0. The van der Waals surface area contributed by atoms with Gasteiger partial charge in [-0.2, -0.15) is 0 Å². The molecule has 1 aromatic rings. The van der Waals surface area contributed by atoms with Gasteiger partial charge in [0.1, 0.15) is 10.5 Å². The minimum atomic E-state index is 0.655. The van der Waals surface area contributed by atoms with Crippen LogP contribution in [-0.2, 0) is 12.8 Å². The summed E-state index contributed by atoms with van der Waals surface area (Å²) in [4.78, 5) is 8.00. The lowest BCUT2D eigenvalue weighted by molar-refractivity contribution is 0.819. The van der Waals surface area contributed by atoms with Crippen LogP contribution in [0.15, 0.2) is 0 Å². The first-order valence-electron chi connectivity index (χ1n) is 5.37. The molecule has 1 aromatic heterocycles. The molecule has 3 rings (SSSR count). The van der Waals surface area contributed by atoms with Gasteiger partial charge in [-0.25, -0.2) is 4.98 Å². The van der Waals surface area contributed by atoms with Crippen molar-refractivity contribution in [2.45, 2.75) is 38.5 Å². The van der Waals surface area contributed by atoms with Crippen molar-refractivity contribution in [2.75, 3.05) is 0 Å². The van der Waals surface area contributed by atoms with E-state index in [1.165, 1.54) is 24.1 Å². The van der Waals surface area contributed by atoms with Gasteiger partial charge < -0.3 is 4.98 Å². The van der Waals surface area contributed by atoms with Crippen LogP contribution in [0.1, 0.15) is 42.8 Å². The van der Waals surface area contributed by atoms with Crippen LogP contribution in [0, 0.1) is 10.6 Å². The van der Waals surface area contributed by atoms with Crippen LogP contribution in [0.2, 0.25) is 0 Å². The average Bonchev–Trinajstić information content (AvgIpc) is 2.71. The molecule has 2 aliphatic rings. The van der Waals surface area contributed by atoms with Crippen LogP contribution < -0.4 is 0 Å². The molecular weight excluding hydrogens is 192 g/mol. The van der Waals surface area contributed by atoms with E-state index in [2.05, 4.69) is 16.9 Å². The summed E-state index contributed by atoms with van der Waals surface area (Å²) in [5, 5.41) is 0. The van der Waals surface area contributed by atoms with Gasteiger partial charge in [0.2, 0.25) is 0 Å². The number of nitrogens with zero attached hydrogens (tertiary/aromatic N) is 1. The lowest BCUT2D eigenvalue weighted by Crippen LogP contribution is -2.00. The highest BCUT2D eigenvalue weighted by Gasteiger charge is 2.36. The summed E-state index contributed by atoms with van der Waals surface area (Å²) in [6.45, 7) is 2.27. The van der Waals surface area contributed by atoms with Gasteiger partial charge in [-0.1, -0.05) is 19.1 Å². The molecule has 1 fully saturated rings. The van der Waals surface area contributed by atoms with E-state index in [4.69, 9.17) is 12.2 Å². The smallest absolute Gasteiger partial charge is 0.133 e. The molecule has 0 spiro atoms. The van der Waals surface area contributed by atoms with Gasteiger partial charge in [-0.05, 0) is 31.6 Å². The minimum absolute atomic E-state index is 0.655. The Balaban J connectivity index is 2.08. The van der Waals surface area contributed by atoms with Crippen LogP contribution in [0.25, 0.3) is 0 Å². The van der Waals surface area contributed by atoms with E-state index in [-0.39, 0.29) is 0 Å². The second-order valence-corrected chi connectivity index (χ2v) is 4.94. The first-order valence-corrected chi connectivity index (χ1v) is 5.78. The van der Waals surface area contributed by atoms with Gasteiger partial charge >= 0.3 is 0 Å². The Hall–Kier alpha value is -0.700. The summed E-state index contributed by atoms with van der Waals surface area (Å²) in [5.41, 5.74) is 2.66. The first-order chi connectivity index (χ1) is 6.75. The SMILES string of the molecule is CC1CC1c1nc(=S)c2c([nH]1)CCC2. The number of aromatic amines is 1. The van der Waals surface area contributed by atoms with Gasteiger partial charge in [0, 0.05) is 17.2 Å². The van der Waals surface area contributed by atoms with Gasteiger partial charge in [-0.15, -0.1) is 0 Å². The molecule has 0 saturated heterocycles. The normalized spacial score (nSPS) is 28.9. The summed E-state index contributed by atoms with van der Waals surface area (Å²) in [5.74, 6) is 2.60. The van der Waals surface area contributed by atoms with E-state index in [1.54, 1.807) is 0 Å². The van der Waals surface area contributed by atoms with E-state index in [1.807, 2.05) is 0 Å². The molecule has 0 radical (unpaired) electrons. The summed E-state index contributed by atoms with van der Waals surface area (Å²) in [7, 11) is 0. The molecule has 0 aromatic carbocycles. The second kappa shape index (κ2) is 2.89. The van der Waals surface area contributed by atoms with Gasteiger partial charge in [0.05, 0.1) is 0 Å². The largest absolute Gasteiger partial charge is 0.347 e. The Kier molecular flexibility index (Phi) is 1.78. The van der Waals surface area contributed by atoms with Gasteiger partial charge in [0.15, 0.2) is 0 Å². The molecule has 0 amide bonds. The predicted molar refractivity (Wildman–Crippen MR) is 58.0 cm³/mol. The molecule has 2 nitrogen and oxygen atoms in total. The molecule has 2 unspecified atom stereocenters. The number of H-pyrrole nitrogens is 1. The van der Waals surface area contributed by atoms with E-state index >= 15 is 0 Å². The fourth-order valence-electron chi connectivity index (χ4n) is 2.36. The zero-order valence-corrected chi connectivity index (χ0v) is 9.16. The van der Waals surface area contributed by atoms with Crippen molar-refractivity contribution < 1.29 is 0 Å². The van der Waals surface area contributed by atoms with Crippen molar-refractivity contribution in [1.82, 2.24) is 9.97 Å². The van der Waals surface area contributed by atoms with E-state index in [0.29, 0.717) is 5.92 Å². The monoisotopic (exact) mass is 206 g/mol. The highest BCUT2D eigenvalue weighted by atomic mass is 32.1. The number of hydrogen-bond donors (Lipinski definition) is 1. The zero-order chi connectivity index (χ0) is 9.71. The van der Waals surface area contributed by atoms with E-state index in [9.17, 15) is 0 Å². The van der Waals surface area contributed by atoms with Crippen LogP contribution >= 0.6 is 12.2 Å². The third kappa shape index (κ3) is 1.22. The van der Waals surface area contributed by atoms with Crippen LogP contribution in [-0.4, -0.2) is 9.97 Å². The highest BCUT2D eigenvalue weighted by molar-refractivity contribution is 7.71. The molecule has 1 saturated carbocycles. The zero-order valence-electron chi connectivity index (χ0n) is 8.34. The van der Waals surface area contributed by atoms with Gasteiger partial charge in [0.25, 0.3) is 0 Å². The summed E-state index contributed by atoms with van der Waals surface area (Å²) < 4.78 is 0.852. The molecule has 74 valence electrons. The lowest BCUT2D eigenvalue weighted by Gasteiger charge is -2.04. The number of aryl methyl sites for hydroxylation is 1. The summed E-state index contributed by atoms with van der Waals surface area (Å²) >= 11 is 5.32. The standard InChI is InChI=1S/C11H14N2S/c1-6-5-8(6)10-12-9-4-2-3-7(9)11(14)13-10/h6,8H,2-5H2,1H3,(H,12,13,14). The molecular formula is C11H14N2S. The number of nitrogens with one attached hydrogen (secondary N) is 1. The fourth-order valence-corrected chi connectivity index (χ4v) is 2.68. The van der Waals surface area contributed by atoms with Crippen LogP contribution in [0.5, 0.6) is 0 Å². The molecule has 1 N–H and O–H groups in total. The molecule has 1 heterocycles. The third-order valence-corrected chi connectivity index (χ3v) is 3.78. The molecule has 0 bridgehead atoms. The Morgan fingerprint density at radius 2 is 2.21 bits per heavy atom. The first kappa shape index (κ1) is 8.60. The summed E-state index contributed by atoms with van der Waals surface area (Å²) in [6.07, 6.45) is 4.80. The van der Waals surface area contributed by atoms with Crippen molar-refractivity contribution in [3.63, 3.8) is 0 Å². The number of hydrogen-bond acceptors (Lipinski definition) is 2. The Morgan fingerprint density at radius 1 is 1.43 bits per heavy atom. The Labute approximate surface area is 88.8 Å². The van der Waals surface area contributed by atoms with Crippen molar-refractivity contribution >= 4 is 12.2 Å². The van der Waals surface area contributed by atoms with E-state index < -0.39 is 0 Å². The molecule has 14 heavy (non-hydrogen) atoms. The maximum Gasteiger partial charge on any atom is 0.133 e. The Bertz CT molecular complexity index is 435. The van der Waals surface area contributed by atoms with Crippen molar-refractivity contribution in [3.05, 3.63) is 21.7 Å². The second-order valence-electron chi connectivity index (χ2n) is 4.56. The molecule has 2 atom stereocenters. The molecule has 0 aliphatic heterocycles. The average molecular weight is 206 g/mol. The van der Waals surface area contributed by atoms with Crippen molar-refractivity contribution in [2.24, 2.45) is 5.92 Å². The van der Waals surface area contributed by atoms with E-state index in [0.717, 1.165) is 29.2 Å². The molecule has 2 aliphatic carbocycles. The lowest BCUT2D eigenvalue weighted by atomic mass is 10.2. The third-order valence-electron chi connectivity index (χ3n) is 3.44. The van der Waals surface area contributed by atoms with Crippen molar-refractivity contribution in [1.29, 1.82) is 0 Å².